The topological polar surface area (TPSA) is 59.1 Å². The van der Waals surface area contributed by atoms with E-state index >= 15 is 0 Å². The first-order valence-corrected chi connectivity index (χ1v) is 11.1. The van der Waals surface area contributed by atoms with Gasteiger partial charge < -0.3 is 14.4 Å². The average molecular weight is 455 g/mol. The van der Waals surface area contributed by atoms with Crippen molar-refractivity contribution >= 4 is 29.0 Å². The molecular weight excluding hydrogens is 428 g/mol. The van der Waals surface area contributed by atoms with Crippen LogP contribution in [0, 0.1) is 0 Å². The highest BCUT2D eigenvalue weighted by Crippen LogP contribution is 2.34. The quantitative estimate of drug-likeness (QED) is 0.622. The predicted molar refractivity (Wildman–Crippen MR) is 123 cm³/mol. The summed E-state index contributed by atoms with van der Waals surface area (Å²) in [6.07, 6.45) is 0.501. The first-order chi connectivity index (χ1) is 15.4. The first kappa shape index (κ1) is 22.4. The molecule has 0 radical (unpaired) electrons. The molecule has 4 rings (SSSR count). The van der Waals surface area contributed by atoms with Gasteiger partial charge in [-0.25, -0.2) is 0 Å². The van der Waals surface area contributed by atoms with Crippen LogP contribution in [0.15, 0.2) is 54.2 Å². The summed E-state index contributed by atoms with van der Waals surface area (Å²) in [5, 5.41) is 0.581. The van der Waals surface area contributed by atoms with Crippen LogP contribution < -0.4 is 4.74 Å². The summed E-state index contributed by atoms with van der Waals surface area (Å²) in [4.78, 5) is 30.3. The van der Waals surface area contributed by atoms with Crippen molar-refractivity contribution in [2.45, 2.75) is 32.5 Å². The Morgan fingerprint density at radius 1 is 0.969 bits per heavy atom. The summed E-state index contributed by atoms with van der Waals surface area (Å²) in [5.74, 6) is 0.244. The standard InChI is InChI=1S/C25H27ClN2O4/c1-16-14-27(15-17(2)32-16)23-22(19-6-8-20(26)9-7-19)24(29)28(25(23)30)13-12-18-4-10-21(31-3)11-5-18/h4-11,16-17H,12-15H2,1-3H3. The SMILES string of the molecule is COc1ccc(CCN2C(=O)C(c3ccc(Cl)cc3)=C(N3CC(C)OC(C)C3)C2=O)cc1. The maximum atomic E-state index is 13.5. The van der Waals surface area contributed by atoms with Gasteiger partial charge in [-0.2, -0.15) is 0 Å². The first-order valence-electron chi connectivity index (χ1n) is 10.8. The number of carbonyl (C=O) groups is 2. The van der Waals surface area contributed by atoms with E-state index in [1.807, 2.05) is 43.0 Å². The third-order valence-corrected chi connectivity index (χ3v) is 6.05. The number of halogens is 1. The van der Waals surface area contributed by atoms with Crippen LogP contribution in [-0.2, 0) is 20.7 Å². The second-order valence-corrected chi connectivity index (χ2v) is 8.69. The third-order valence-electron chi connectivity index (χ3n) is 5.80. The molecule has 0 aliphatic carbocycles. The van der Waals surface area contributed by atoms with E-state index in [-0.39, 0.29) is 24.0 Å². The van der Waals surface area contributed by atoms with Gasteiger partial charge >= 0.3 is 0 Å². The molecule has 2 aromatic carbocycles. The lowest BCUT2D eigenvalue weighted by atomic mass is 10.0. The largest absolute Gasteiger partial charge is 0.497 e. The lowest BCUT2D eigenvalue weighted by molar-refractivity contribution is -0.138. The molecule has 7 heteroatoms. The van der Waals surface area contributed by atoms with Gasteiger partial charge in [0.05, 0.1) is 24.9 Å². The van der Waals surface area contributed by atoms with E-state index in [9.17, 15) is 9.59 Å². The molecule has 2 aliphatic heterocycles. The Morgan fingerprint density at radius 2 is 1.59 bits per heavy atom. The fourth-order valence-electron chi connectivity index (χ4n) is 4.33. The Morgan fingerprint density at radius 3 is 2.19 bits per heavy atom. The number of morpholine rings is 1. The third kappa shape index (κ3) is 4.52. The van der Waals surface area contributed by atoms with Gasteiger partial charge in [0.25, 0.3) is 11.8 Å². The molecule has 2 aromatic rings. The molecule has 2 aliphatic rings. The van der Waals surface area contributed by atoms with Gasteiger partial charge in [-0.15, -0.1) is 0 Å². The van der Waals surface area contributed by atoms with E-state index < -0.39 is 0 Å². The van der Waals surface area contributed by atoms with Gasteiger partial charge in [0.15, 0.2) is 0 Å². The zero-order valence-corrected chi connectivity index (χ0v) is 19.3. The van der Waals surface area contributed by atoms with E-state index in [4.69, 9.17) is 21.1 Å². The highest BCUT2D eigenvalue weighted by molar-refractivity contribution is 6.36. The van der Waals surface area contributed by atoms with E-state index in [1.165, 1.54) is 4.90 Å². The number of benzene rings is 2. The molecule has 0 N–H and O–H groups in total. The predicted octanol–water partition coefficient (Wildman–Crippen LogP) is 3.78. The van der Waals surface area contributed by atoms with Gasteiger partial charge in [-0.3, -0.25) is 14.5 Å². The molecule has 2 heterocycles. The molecule has 2 amide bonds. The van der Waals surface area contributed by atoms with Crippen molar-refractivity contribution in [1.29, 1.82) is 0 Å². The summed E-state index contributed by atoms with van der Waals surface area (Å²) in [6.45, 7) is 5.38. The van der Waals surface area contributed by atoms with Crippen molar-refractivity contribution in [1.82, 2.24) is 9.80 Å². The molecule has 2 atom stereocenters. The minimum absolute atomic E-state index is 0.0334. The molecular formula is C25H27ClN2O4. The highest BCUT2D eigenvalue weighted by atomic mass is 35.5. The molecule has 168 valence electrons. The van der Waals surface area contributed by atoms with Gasteiger partial charge in [0, 0.05) is 24.7 Å². The van der Waals surface area contributed by atoms with Gasteiger partial charge in [-0.05, 0) is 55.7 Å². The number of imide groups is 1. The van der Waals surface area contributed by atoms with Crippen LogP contribution in [-0.4, -0.2) is 60.6 Å². The number of carbonyl (C=O) groups excluding carboxylic acids is 2. The summed E-state index contributed by atoms with van der Waals surface area (Å²) in [5.41, 5.74) is 2.61. The Labute approximate surface area is 193 Å². The molecule has 1 fully saturated rings. The number of hydrogen-bond donors (Lipinski definition) is 0. The fourth-order valence-corrected chi connectivity index (χ4v) is 4.46. The lowest BCUT2D eigenvalue weighted by Crippen LogP contribution is -2.47. The van der Waals surface area contributed by atoms with Crippen LogP contribution in [0.5, 0.6) is 5.75 Å². The van der Waals surface area contributed by atoms with Crippen LogP contribution in [0.25, 0.3) is 5.57 Å². The van der Waals surface area contributed by atoms with E-state index in [0.717, 1.165) is 11.3 Å². The molecule has 0 spiro atoms. The van der Waals surface area contributed by atoms with E-state index in [2.05, 4.69) is 0 Å². The van der Waals surface area contributed by atoms with Crippen LogP contribution >= 0.6 is 11.6 Å². The van der Waals surface area contributed by atoms with E-state index in [1.54, 1.807) is 31.4 Å². The zero-order chi connectivity index (χ0) is 22.8. The van der Waals surface area contributed by atoms with Crippen molar-refractivity contribution in [3.8, 4) is 5.75 Å². The highest BCUT2D eigenvalue weighted by Gasteiger charge is 2.42. The van der Waals surface area contributed by atoms with Crippen molar-refractivity contribution in [2.24, 2.45) is 0 Å². The molecule has 0 aromatic heterocycles. The second-order valence-electron chi connectivity index (χ2n) is 8.25. The Hall–Kier alpha value is -2.83. The number of methoxy groups -OCH3 is 1. The summed E-state index contributed by atoms with van der Waals surface area (Å²) < 4.78 is 11.0. The number of amides is 2. The minimum atomic E-state index is -0.271. The number of ether oxygens (including phenoxy) is 2. The van der Waals surface area contributed by atoms with E-state index in [0.29, 0.717) is 47.9 Å². The maximum absolute atomic E-state index is 13.5. The van der Waals surface area contributed by atoms with Crippen molar-refractivity contribution < 1.29 is 19.1 Å². The second kappa shape index (κ2) is 9.35. The molecule has 6 nitrogen and oxygen atoms in total. The van der Waals surface area contributed by atoms with Crippen LogP contribution in [0.1, 0.15) is 25.0 Å². The number of nitrogens with zero attached hydrogens (tertiary/aromatic N) is 2. The normalized spacial score (nSPS) is 21.5. The average Bonchev–Trinajstić information content (AvgIpc) is 3.02. The number of hydrogen-bond acceptors (Lipinski definition) is 5. The fraction of sp³-hybridized carbons (Fsp3) is 0.360. The monoisotopic (exact) mass is 454 g/mol. The molecule has 1 saturated heterocycles. The van der Waals surface area contributed by atoms with Gasteiger partial charge in [0.2, 0.25) is 0 Å². The maximum Gasteiger partial charge on any atom is 0.277 e. The van der Waals surface area contributed by atoms with Gasteiger partial charge in [-0.1, -0.05) is 35.9 Å². The van der Waals surface area contributed by atoms with Crippen LogP contribution in [0.3, 0.4) is 0 Å². The summed E-state index contributed by atoms with van der Waals surface area (Å²) in [6, 6.07) is 14.7. The Kier molecular flexibility index (Phi) is 6.53. The van der Waals surface area contributed by atoms with Crippen LogP contribution in [0.2, 0.25) is 5.02 Å². The van der Waals surface area contributed by atoms with Crippen molar-refractivity contribution in [3.63, 3.8) is 0 Å². The van der Waals surface area contributed by atoms with Crippen LogP contribution in [0.4, 0.5) is 0 Å². The Balaban J connectivity index is 1.63. The van der Waals surface area contributed by atoms with Crippen molar-refractivity contribution in [3.05, 3.63) is 70.4 Å². The van der Waals surface area contributed by atoms with Crippen molar-refractivity contribution in [2.75, 3.05) is 26.7 Å². The lowest BCUT2D eigenvalue weighted by Gasteiger charge is -2.37. The summed E-state index contributed by atoms with van der Waals surface area (Å²) >= 11 is 6.06. The Bertz CT molecular complexity index is 1020. The molecule has 0 saturated carbocycles. The molecule has 2 unspecified atom stereocenters. The number of rotatable bonds is 6. The molecule has 0 bridgehead atoms. The molecule has 32 heavy (non-hydrogen) atoms. The smallest absolute Gasteiger partial charge is 0.277 e. The minimum Gasteiger partial charge on any atom is -0.497 e. The zero-order valence-electron chi connectivity index (χ0n) is 18.5. The summed E-state index contributed by atoms with van der Waals surface area (Å²) in [7, 11) is 1.62. The van der Waals surface area contributed by atoms with Gasteiger partial charge in [0.1, 0.15) is 11.4 Å².